The number of carbonyl (C=O) groups excluding carboxylic acids is 4. The number of amides is 3. The predicted molar refractivity (Wildman–Crippen MR) is 154 cm³/mol. The van der Waals surface area contributed by atoms with Crippen LogP contribution in [-0.2, 0) is 32.0 Å². The van der Waals surface area contributed by atoms with Crippen LogP contribution in [0.1, 0.15) is 35.5 Å². The highest BCUT2D eigenvalue weighted by Gasteiger charge is 2.42. The summed E-state index contributed by atoms with van der Waals surface area (Å²) >= 11 is 0. The molecule has 47 heavy (non-hydrogen) atoms. The Balaban J connectivity index is 1.78. The topological polar surface area (TPSA) is 171 Å². The molecule has 0 radical (unpaired) electrons. The van der Waals surface area contributed by atoms with E-state index in [-0.39, 0.29) is 6.42 Å². The number of likely N-dealkylation sites (N-methyl/N-ethyl adjacent to an activating group) is 1. The minimum atomic E-state index is -2.11. The van der Waals surface area contributed by atoms with Crippen molar-refractivity contribution in [1.82, 2.24) is 25.5 Å². The van der Waals surface area contributed by atoms with E-state index in [4.69, 9.17) is 4.74 Å². The number of cyclic esters (lactones) is 1. The number of aliphatic hydroxyl groups excluding tert-OH is 1. The number of esters is 1. The molecule has 0 spiro atoms. The Labute approximate surface area is 265 Å². The lowest BCUT2D eigenvalue weighted by molar-refractivity contribution is -0.163. The van der Waals surface area contributed by atoms with Crippen LogP contribution in [0.5, 0.6) is 5.75 Å². The monoisotopic (exact) mass is 661 g/mol. The normalized spacial score (nSPS) is 24.1. The Morgan fingerprint density at radius 1 is 1.00 bits per heavy atom. The molecule has 1 saturated heterocycles. The molecule has 1 aliphatic heterocycles. The van der Waals surface area contributed by atoms with Gasteiger partial charge in [0.15, 0.2) is 11.5 Å². The number of aliphatic hydroxyl groups is 1. The maximum atomic E-state index is 14.7. The van der Waals surface area contributed by atoms with E-state index in [9.17, 15) is 47.0 Å². The van der Waals surface area contributed by atoms with Crippen LogP contribution in [0.25, 0.3) is 0 Å². The predicted octanol–water partition coefficient (Wildman–Crippen LogP) is 1.58. The Bertz CT molecular complexity index is 1660. The van der Waals surface area contributed by atoms with E-state index in [0.717, 1.165) is 11.0 Å². The van der Waals surface area contributed by atoms with Gasteiger partial charge in [-0.2, -0.15) is 18.2 Å². The molecule has 0 bridgehead atoms. The summed E-state index contributed by atoms with van der Waals surface area (Å²) in [5, 5.41) is 26.0. The van der Waals surface area contributed by atoms with Gasteiger partial charge in [-0.05, 0) is 24.6 Å². The summed E-state index contributed by atoms with van der Waals surface area (Å²) in [7, 11) is 1.27. The third-order valence-electron chi connectivity index (χ3n) is 7.85. The number of pyridine rings is 2. The van der Waals surface area contributed by atoms with Gasteiger partial charge in [-0.15, -0.1) is 0 Å². The van der Waals surface area contributed by atoms with Crippen molar-refractivity contribution in [3.8, 4) is 5.75 Å². The van der Waals surface area contributed by atoms with Gasteiger partial charge in [0.2, 0.25) is 23.6 Å². The number of rotatable bonds is 6. The van der Waals surface area contributed by atoms with Crippen LogP contribution in [0, 0.1) is 29.4 Å². The van der Waals surface area contributed by atoms with Crippen molar-refractivity contribution in [3.05, 3.63) is 89.0 Å². The summed E-state index contributed by atoms with van der Waals surface area (Å²) in [6.07, 6.45) is -3.35. The maximum absolute atomic E-state index is 14.7. The molecule has 1 aliphatic rings. The third kappa shape index (κ3) is 7.65. The van der Waals surface area contributed by atoms with Crippen molar-refractivity contribution in [2.75, 3.05) is 7.05 Å². The number of hydrogen-bond donors (Lipinski definition) is 4. The molecule has 3 amide bonds. The van der Waals surface area contributed by atoms with Crippen LogP contribution in [0.15, 0.2) is 48.7 Å². The van der Waals surface area contributed by atoms with Crippen molar-refractivity contribution >= 4 is 23.7 Å². The summed E-state index contributed by atoms with van der Waals surface area (Å²) in [6.45, 7) is 2.46. The third-order valence-corrected chi connectivity index (χ3v) is 7.85. The Kier molecular flexibility index (Phi) is 10.7. The van der Waals surface area contributed by atoms with Crippen LogP contribution in [0.2, 0.25) is 0 Å². The zero-order valence-corrected chi connectivity index (χ0v) is 25.3. The maximum Gasteiger partial charge on any atom is 0.329 e. The molecule has 0 saturated carbocycles. The van der Waals surface area contributed by atoms with Crippen LogP contribution >= 0.6 is 0 Å². The van der Waals surface area contributed by atoms with E-state index in [1.165, 1.54) is 33.2 Å². The SMILES string of the molecule is C[C@H]1OC(=O)C(Cc2ccccc2)N(C)C(=O)[C@H](C)[C@H](O)[C@H](Cc2c(F)nc(F)c(F)c2F)NC(=O)[C@H]1NC(=O)c1ncccc1O. The lowest BCUT2D eigenvalue weighted by Crippen LogP contribution is -2.61. The number of aromatic hydroxyl groups is 1. The molecular weight excluding hydrogens is 630 g/mol. The van der Waals surface area contributed by atoms with Crippen molar-refractivity contribution in [2.24, 2.45) is 5.92 Å². The molecule has 16 heteroatoms. The van der Waals surface area contributed by atoms with E-state index in [1.807, 2.05) is 0 Å². The molecule has 250 valence electrons. The van der Waals surface area contributed by atoms with Gasteiger partial charge in [-0.25, -0.2) is 14.2 Å². The molecule has 4 N–H and O–H groups in total. The minimum Gasteiger partial charge on any atom is -0.505 e. The van der Waals surface area contributed by atoms with Gasteiger partial charge < -0.3 is 30.5 Å². The quantitative estimate of drug-likeness (QED) is 0.174. The second-order valence-corrected chi connectivity index (χ2v) is 11.0. The summed E-state index contributed by atoms with van der Waals surface area (Å²) < 4.78 is 62.5. The van der Waals surface area contributed by atoms with Gasteiger partial charge in [-0.3, -0.25) is 14.4 Å². The van der Waals surface area contributed by atoms with Gasteiger partial charge >= 0.3 is 5.97 Å². The summed E-state index contributed by atoms with van der Waals surface area (Å²) in [5.74, 6) is -14.0. The number of carbonyl (C=O) groups is 4. The number of nitrogens with one attached hydrogen (secondary N) is 2. The smallest absolute Gasteiger partial charge is 0.329 e. The van der Waals surface area contributed by atoms with Crippen LogP contribution in [0.4, 0.5) is 17.6 Å². The first kappa shape index (κ1) is 34.7. The lowest BCUT2D eigenvalue weighted by Gasteiger charge is -2.36. The molecular formula is C31H31F4N5O7. The van der Waals surface area contributed by atoms with Crippen LogP contribution < -0.4 is 10.6 Å². The summed E-state index contributed by atoms with van der Waals surface area (Å²) in [4.78, 5) is 61.4. The lowest BCUT2D eigenvalue weighted by atomic mass is 9.90. The molecule has 6 atom stereocenters. The van der Waals surface area contributed by atoms with Gasteiger partial charge in [0.05, 0.1) is 18.1 Å². The molecule has 1 unspecified atom stereocenters. The van der Waals surface area contributed by atoms with E-state index in [1.54, 1.807) is 30.3 Å². The number of halogens is 4. The van der Waals surface area contributed by atoms with Crippen molar-refractivity contribution in [2.45, 2.75) is 57.0 Å². The number of hydrogen-bond acceptors (Lipinski definition) is 9. The Hall–Kier alpha value is -5.12. The molecule has 4 rings (SSSR count). The number of aromatic nitrogens is 2. The number of ether oxygens (including phenoxy) is 1. The molecule has 3 heterocycles. The first-order chi connectivity index (χ1) is 22.2. The largest absolute Gasteiger partial charge is 0.505 e. The molecule has 1 fully saturated rings. The average molecular weight is 662 g/mol. The van der Waals surface area contributed by atoms with Crippen molar-refractivity contribution in [1.29, 1.82) is 0 Å². The minimum absolute atomic E-state index is 0.0666. The van der Waals surface area contributed by atoms with E-state index in [2.05, 4.69) is 20.6 Å². The van der Waals surface area contributed by atoms with Gasteiger partial charge in [0.1, 0.15) is 23.9 Å². The fourth-order valence-corrected chi connectivity index (χ4v) is 5.13. The number of nitrogens with zero attached hydrogens (tertiary/aromatic N) is 3. The molecule has 3 aromatic rings. The standard InChI is InChI=1S/C31H31F4N5O7/c1-14-25(42)18(13-17-21(32)22(33)27(35)39-26(17)34)37-28(43)23(38-29(44)24-20(41)10-7-11-36-24)15(2)47-31(46)19(40(3)30(14)45)12-16-8-5-4-6-9-16/h4-11,14-15,18-19,23,25,41-42H,12-13H2,1-3H3,(H,37,43)(H,38,44)/t14-,15-,18+,19?,23+,25+/m1/s1. The van der Waals surface area contributed by atoms with Gasteiger partial charge in [-0.1, -0.05) is 37.3 Å². The first-order valence-corrected chi connectivity index (χ1v) is 14.3. The van der Waals surface area contributed by atoms with Crippen LogP contribution in [-0.4, -0.2) is 86.2 Å². The highest BCUT2D eigenvalue weighted by atomic mass is 19.2. The van der Waals surface area contributed by atoms with Crippen LogP contribution in [0.3, 0.4) is 0 Å². The van der Waals surface area contributed by atoms with Crippen molar-refractivity contribution in [3.63, 3.8) is 0 Å². The van der Waals surface area contributed by atoms with Gasteiger partial charge in [0, 0.05) is 31.6 Å². The Morgan fingerprint density at radius 3 is 2.34 bits per heavy atom. The van der Waals surface area contributed by atoms with E-state index in [0.29, 0.717) is 5.56 Å². The summed E-state index contributed by atoms with van der Waals surface area (Å²) in [6, 6.07) is 6.13. The van der Waals surface area contributed by atoms with Crippen molar-refractivity contribution < 1.29 is 51.7 Å². The Morgan fingerprint density at radius 2 is 1.68 bits per heavy atom. The fraction of sp³-hybridized carbons (Fsp3) is 0.355. The summed E-state index contributed by atoms with van der Waals surface area (Å²) in [5.41, 5.74) is -1.03. The highest BCUT2D eigenvalue weighted by molar-refractivity contribution is 5.98. The van der Waals surface area contributed by atoms with E-state index < -0.39 is 107 Å². The average Bonchev–Trinajstić information content (AvgIpc) is 3.05. The molecule has 2 aromatic heterocycles. The fourth-order valence-electron chi connectivity index (χ4n) is 5.13. The second kappa shape index (κ2) is 14.5. The zero-order valence-electron chi connectivity index (χ0n) is 25.3. The molecule has 0 aliphatic carbocycles. The number of benzene rings is 1. The second-order valence-electron chi connectivity index (χ2n) is 11.0. The highest BCUT2D eigenvalue weighted by Crippen LogP contribution is 2.24. The van der Waals surface area contributed by atoms with Gasteiger partial charge in [0.25, 0.3) is 11.9 Å². The molecule has 12 nitrogen and oxygen atoms in total. The zero-order chi connectivity index (χ0) is 34.6. The molecule has 1 aromatic carbocycles. The first-order valence-electron chi connectivity index (χ1n) is 14.3. The van der Waals surface area contributed by atoms with E-state index >= 15 is 0 Å².